The summed E-state index contributed by atoms with van der Waals surface area (Å²) in [5.74, 6) is 0.145. The maximum Gasteiger partial charge on any atom is 0.254 e. The Bertz CT molecular complexity index is 832. The molecule has 1 saturated heterocycles. The molecular weight excluding hydrogens is 340 g/mol. The highest BCUT2D eigenvalue weighted by Gasteiger charge is 2.50. The van der Waals surface area contributed by atoms with E-state index in [-0.39, 0.29) is 23.3 Å². The lowest BCUT2D eigenvalue weighted by Crippen LogP contribution is -2.55. The molecule has 2 atom stereocenters. The molecule has 1 aliphatic carbocycles. The Morgan fingerprint density at radius 2 is 2.15 bits per heavy atom. The number of carbonyl (C=O) groups excluding carboxylic acids is 2. The third-order valence-electron chi connectivity index (χ3n) is 6.26. The van der Waals surface area contributed by atoms with Crippen LogP contribution in [0.3, 0.4) is 0 Å². The summed E-state index contributed by atoms with van der Waals surface area (Å²) in [5, 5.41) is 9.86. The lowest BCUT2D eigenvalue weighted by Gasteiger charge is -2.46. The Balaban J connectivity index is 1.50. The lowest BCUT2D eigenvalue weighted by atomic mass is 9.74. The molecule has 2 amide bonds. The number of H-pyrrole nitrogens is 1. The second-order valence-electron chi connectivity index (χ2n) is 7.87. The normalized spacial score (nSPS) is 24.7. The van der Waals surface area contributed by atoms with Crippen molar-refractivity contribution in [1.29, 1.82) is 0 Å². The zero-order valence-electron chi connectivity index (χ0n) is 15.7. The SMILES string of the molecule is Cc1[nH]ncc1C(=O)NC[C@@]12CCC[C@H]1N(Cc1ccccc1)C(=O)CC2. The number of likely N-dealkylation sites (tertiary alicyclic amines) is 1. The minimum Gasteiger partial charge on any atom is -0.351 e. The smallest absolute Gasteiger partial charge is 0.254 e. The van der Waals surface area contributed by atoms with E-state index in [1.165, 1.54) is 0 Å². The fourth-order valence-electron chi connectivity index (χ4n) is 4.78. The number of fused-ring (bicyclic) bond motifs is 1. The molecule has 2 aromatic rings. The molecule has 6 heteroatoms. The fourth-order valence-corrected chi connectivity index (χ4v) is 4.78. The van der Waals surface area contributed by atoms with Gasteiger partial charge in [0.15, 0.2) is 0 Å². The fraction of sp³-hybridized carbons (Fsp3) is 0.476. The quantitative estimate of drug-likeness (QED) is 0.854. The van der Waals surface area contributed by atoms with Gasteiger partial charge in [-0.25, -0.2) is 0 Å². The van der Waals surface area contributed by atoms with Crippen molar-refractivity contribution >= 4 is 11.8 Å². The summed E-state index contributed by atoms with van der Waals surface area (Å²) in [6.07, 6.45) is 6.15. The minimum atomic E-state index is -0.0900. The van der Waals surface area contributed by atoms with Crippen LogP contribution in [-0.4, -0.2) is 39.5 Å². The molecule has 2 heterocycles. The molecule has 27 heavy (non-hydrogen) atoms. The molecule has 2 N–H and O–H groups in total. The van der Waals surface area contributed by atoms with Gasteiger partial charge < -0.3 is 10.2 Å². The van der Waals surface area contributed by atoms with Crippen LogP contribution in [0.5, 0.6) is 0 Å². The van der Waals surface area contributed by atoms with Crippen molar-refractivity contribution in [3.8, 4) is 0 Å². The number of benzene rings is 1. The van der Waals surface area contributed by atoms with E-state index in [1.54, 1.807) is 6.20 Å². The molecule has 2 fully saturated rings. The summed E-state index contributed by atoms with van der Waals surface area (Å²) in [6.45, 7) is 3.11. The number of piperidine rings is 1. The standard InChI is InChI=1S/C21H26N4O2/c1-15-17(12-23-24-15)20(27)22-14-21-10-5-8-18(21)25(19(26)9-11-21)13-16-6-3-2-4-7-16/h2-4,6-7,12,18H,5,8-11,13-14H2,1H3,(H,22,27)(H,23,24)/t18-,21+/m1/s1. The third kappa shape index (κ3) is 3.36. The third-order valence-corrected chi connectivity index (χ3v) is 6.26. The molecule has 1 aliphatic heterocycles. The van der Waals surface area contributed by atoms with Crippen molar-refractivity contribution in [3.05, 3.63) is 53.3 Å². The second kappa shape index (κ2) is 7.18. The Labute approximate surface area is 159 Å². The van der Waals surface area contributed by atoms with Gasteiger partial charge in [-0.05, 0) is 31.7 Å². The first kappa shape index (κ1) is 17.8. The summed E-state index contributed by atoms with van der Waals surface area (Å²) < 4.78 is 0. The number of hydrogen-bond acceptors (Lipinski definition) is 3. The van der Waals surface area contributed by atoms with E-state index in [0.717, 1.165) is 36.9 Å². The number of nitrogens with zero attached hydrogens (tertiary/aromatic N) is 2. The predicted octanol–water partition coefficient (Wildman–Crippen LogP) is 2.81. The Morgan fingerprint density at radius 3 is 2.89 bits per heavy atom. The van der Waals surface area contributed by atoms with Crippen molar-refractivity contribution in [1.82, 2.24) is 20.4 Å². The van der Waals surface area contributed by atoms with E-state index >= 15 is 0 Å². The van der Waals surface area contributed by atoms with Gasteiger partial charge in [-0.15, -0.1) is 0 Å². The molecule has 142 valence electrons. The molecular formula is C21H26N4O2. The van der Waals surface area contributed by atoms with Crippen molar-refractivity contribution in [2.45, 2.75) is 51.6 Å². The molecule has 1 aromatic heterocycles. The average Bonchev–Trinajstić information content (AvgIpc) is 3.30. The molecule has 0 bridgehead atoms. The molecule has 1 saturated carbocycles. The van der Waals surface area contributed by atoms with Crippen LogP contribution in [-0.2, 0) is 11.3 Å². The molecule has 6 nitrogen and oxygen atoms in total. The van der Waals surface area contributed by atoms with E-state index in [4.69, 9.17) is 0 Å². The number of hydrogen-bond donors (Lipinski definition) is 2. The summed E-state index contributed by atoms with van der Waals surface area (Å²) in [6, 6.07) is 10.4. The predicted molar refractivity (Wildman–Crippen MR) is 102 cm³/mol. The van der Waals surface area contributed by atoms with Crippen LogP contribution in [0.4, 0.5) is 0 Å². The largest absolute Gasteiger partial charge is 0.351 e. The van der Waals surface area contributed by atoms with Crippen molar-refractivity contribution in [2.24, 2.45) is 5.41 Å². The average molecular weight is 366 g/mol. The highest BCUT2D eigenvalue weighted by molar-refractivity contribution is 5.95. The number of amides is 2. The van der Waals surface area contributed by atoms with E-state index < -0.39 is 0 Å². The number of nitrogens with one attached hydrogen (secondary N) is 2. The second-order valence-corrected chi connectivity index (χ2v) is 7.87. The number of aromatic nitrogens is 2. The Hall–Kier alpha value is -2.63. The zero-order chi connectivity index (χ0) is 18.9. The van der Waals surface area contributed by atoms with Gasteiger partial charge >= 0.3 is 0 Å². The highest BCUT2D eigenvalue weighted by Crippen LogP contribution is 2.48. The minimum absolute atomic E-state index is 0.0179. The van der Waals surface area contributed by atoms with E-state index in [2.05, 4.69) is 32.5 Å². The number of rotatable bonds is 5. The monoisotopic (exact) mass is 366 g/mol. The number of aromatic amines is 1. The van der Waals surface area contributed by atoms with Gasteiger partial charge in [0.25, 0.3) is 5.91 Å². The van der Waals surface area contributed by atoms with Gasteiger partial charge in [0.1, 0.15) is 0 Å². The van der Waals surface area contributed by atoms with Gasteiger partial charge in [0.05, 0.1) is 11.8 Å². The molecule has 1 aromatic carbocycles. The van der Waals surface area contributed by atoms with E-state index in [9.17, 15) is 9.59 Å². The number of aryl methyl sites for hydroxylation is 1. The summed E-state index contributed by atoms with van der Waals surface area (Å²) in [5.41, 5.74) is 2.51. The maximum absolute atomic E-state index is 12.7. The van der Waals surface area contributed by atoms with Crippen LogP contribution in [0.15, 0.2) is 36.5 Å². The van der Waals surface area contributed by atoms with Gasteiger partial charge in [0, 0.05) is 36.7 Å². The van der Waals surface area contributed by atoms with Crippen molar-refractivity contribution in [2.75, 3.05) is 6.54 Å². The summed E-state index contributed by atoms with van der Waals surface area (Å²) in [7, 11) is 0. The van der Waals surface area contributed by atoms with Crippen molar-refractivity contribution in [3.63, 3.8) is 0 Å². The highest BCUT2D eigenvalue weighted by atomic mass is 16.2. The van der Waals surface area contributed by atoms with E-state index in [1.807, 2.05) is 25.1 Å². The van der Waals surface area contributed by atoms with Crippen LogP contribution in [0.25, 0.3) is 0 Å². The van der Waals surface area contributed by atoms with Gasteiger partial charge in [-0.3, -0.25) is 14.7 Å². The summed E-state index contributed by atoms with van der Waals surface area (Å²) in [4.78, 5) is 27.3. The van der Waals surface area contributed by atoms with Crippen LogP contribution < -0.4 is 5.32 Å². The molecule has 2 aliphatic rings. The molecule has 0 spiro atoms. The first-order chi connectivity index (χ1) is 13.1. The van der Waals surface area contributed by atoms with Crippen LogP contribution in [0, 0.1) is 12.3 Å². The van der Waals surface area contributed by atoms with Gasteiger partial charge in [-0.2, -0.15) is 5.10 Å². The van der Waals surface area contributed by atoms with Crippen molar-refractivity contribution < 1.29 is 9.59 Å². The van der Waals surface area contributed by atoms with Gasteiger partial charge in [-0.1, -0.05) is 36.8 Å². The van der Waals surface area contributed by atoms with Crippen LogP contribution >= 0.6 is 0 Å². The molecule has 0 radical (unpaired) electrons. The molecule has 4 rings (SSSR count). The summed E-state index contributed by atoms with van der Waals surface area (Å²) >= 11 is 0. The van der Waals surface area contributed by atoms with Gasteiger partial charge in [0.2, 0.25) is 5.91 Å². The maximum atomic E-state index is 12.7. The first-order valence-corrected chi connectivity index (χ1v) is 9.71. The number of carbonyl (C=O) groups is 2. The molecule has 0 unspecified atom stereocenters. The van der Waals surface area contributed by atoms with Crippen LogP contribution in [0.2, 0.25) is 0 Å². The van der Waals surface area contributed by atoms with Crippen LogP contribution in [0.1, 0.15) is 53.7 Å². The first-order valence-electron chi connectivity index (χ1n) is 9.71. The lowest BCUT2D eigenvalue weighted by molar-refractivity contribution is -0.142. The topological polar surface area (TPSA) is 78.1 Å². The zero-order valence-corrected chi connectivity index (χ0v) is 15.7. The Morgan fingerprint density at radius 1 is 1.33 bits per heavy atom. The Kier molecular flexibility index (Phi) is 4.72. The van der Waals surface area contributed by atoms with E-state index in [0.29, 0.717) is 25.1 Å².